The van der Waals surface area contributed by atoms with Crippen LogP contribution < -0.4 is 0 Å². The SMILES string of the molecule is C#Cc1ccc(CO)cc1.CC. The predicted molar refractivity (Wildman–Crippen MR) is 51.6 cm³/mol. The lowest BCUT2D eigenvalue weighted by molar-refractivity contribution is 0.282. The van der Waals surface area contributed by atoms with E-state index >= 15 is 0 Å². The summed E-state index contributed by atoms with van der Waals surface area (Å²) in [6, 6.07) is 7.25. The van der Waals surface area contributed by atoms with E-state index in [0.717, 1.165) is 11.1 Å². The van der Waals surface area contributed by atoms with Gasteiger partial charge in [0.05, 0.1) is 6.61 Å². The molecule has 1 N–H and O–H groups in total. The van der Waals surface area contributed by atoms with Gasteiger partial charge in [-0.3, -0.25) is 0 Å². The van der Waals surface area contributed by atoms with Crippen molar-refractivity contribution < 1.29 is 5.11 Å². The molecule has 1 aromatic carbocycles. The van der Waals surface area contributed by atoms with Crippen LogP contribution in [0.3, 0.4) is 0 Å². The van der Waals surface area contributed by atoms with Gasteiger partial charge < -0.3 is 5.11 Å². The number of terminal acetylenes is 1. The molecule has 1 nitrogen and oxygen atoms in total. The summed E-state index contributed by atoms with van der Waals surface area (Å²) in [6.07, 6.45) is 5.13. The Labute approximate surface area is 74.1 Å². The molecule has 0 bridgehead atoms. The molecular weight excluding hydrogens is 148 g/mol. The van der Waals surface area contributed by atoms with E-state index in [4.69, 9.17) is 11.5 Å². The van der Waals surface area contributed by atoms with Crippen molar-refractivity contribution in [3.05, 3.63) is 35.4 Å². The third-order valence-corrected chi connectivity index (χ3v) is 1.30. The zero-order valence-electron chi connectivity index (χ0n) is 7.54. The van der Waals surface area contributed by atoms with Gasteiger partial charge in [0, 0.05) is 5.56 Å². The van der Waals surface area contributed by atoms with E-state index in [-0.39, 0.29) is 6.61 Å². The third kappa shape index (κ3) is 3.23. The van der Waals surface area contributed by atoms with Gasteiger partial charge in [-0.25, -0.2) is 0 Å². The molecule has 0 aliphatic heterocycles. The van der Waals surface area contributed by atoms with E-state index < -0.39 is 0 Å². The molecule has 64 valence electrons. The molecule has 0 aliphatic rings. The molecule has 1 heteroatoms. The fraction of sp³-hybridized carbons (Fsp3) is 0.273. The van der Waals surface area contributed by atoms with Crippen LogP contribution in [0.2, 0.25) is 0 Å². The lowest BCUT2D eigenvalue weighted by atomic mass is 10.1. The summed E-state index contributed by atoms with van der Waals surface area (Å²) >= 11 is 0. The Morgan fingerprint density at radius 3 is 2.08 bits per heavy atom. The molecule has 0 amide bonds. The van der Waals surface area contributed by atoms with Crippen LogP contribution in [0.1, 0.15) is 25.0 Å². The molecule has 0 heterocycles. The van der Waals surface area contributed by atoms with Gasteiger partial charge in [0.25, 0.3) is 0 Å². The van der Waals surface area contributed by atoms with Crippen molar-refractivity contribution in [3.8, 4) is 12.3 Å². The minimum absolute atomic E-state index is 0.0743. The van der Waals surface area contributed by atoms with Gasteiger partial charge in [-0.15, -0.1) is 6.42 Å². The second-order valence-electron chi connectivity index (χ2n) is 2.00. The Bertz CT molecular complexity index is 241. The standard InChI is InChI=1S/C9H8O.C2H6/c1-2-8-3-5-9(7-10)6-4-8;1-2/h1,3-6,10H,7H2;1-2H3. The maximum absolute atomic E-state index is 8.65. The highest BCUT2D eigenvalue weighted by Gasteiger charge is 1.87. The van der Waals surface area contributed by atoms with Gasteiger partial charge in [0.2, 0.25) is 0 Å². The summed E-state index contributed by atoms with van der Waals surface area (Å²) in [5, 5.41) is 8.65. The Hall–Kier alpha value is -1.26. The normalized spacial score (nSPS) is 7.83. The van der Waals surface area contributed by atoms with Crippen LogP contribution in [0.25, 0.3) is 0 Å². The van der Waals surface area contributed by atoms with Gasteiger partial charge in [0.15, 0.2) is 0 Å². The Balaban J connectivity index is 0.000000561. The summed E-state index contributed by atoms with van der Waals surface area (Å²) < 4.78 is 0. The van der Waals surface area contributed by atoms with Crippen LogP contribution in [0.5, 0.6) is 0 Å². The first-order valence-corrected chi connectivity index (χ1v) is 4.03. The first kappa shape index (κ1) is 10.7. The quantitative estimate of drug-likeness (QED) is 0.627. The van der Waals surface area contributed by atoms with Crippen molar-refractivity contribution in [2.24, 2.45) is 0 Å². The number of benzene rings is 1. The van der Waals surface area contributed by atoms with Crippen molar-refractivity contribution in [2.75, 3.05) is 0 Å². The van der Waals surface area contributed by atoms with Crippen molar-refractivity contribution in [1.29, 1.82) is 0 Å². The molecule has 1 rings (SSSR count). The highest BCUT2D eigenvalue weighted by atomic mass is 16.3. The van der Waals surface area contributed by atoms with Crippen LogP contribution >= 0.6 is 0 Å². The first-order chi connectivity index (χ1) is 5.86. The summed E-state index contributed by atoms with van der Waals surface area (Å²) in [5.74, 6) is 2.50. The van der Waals surface area contributed by atoms with E-state index in [0.29, 0.717) is 0 Å². The number of hydrogen-bond donors (Lipinski definition) is 1. The van der Waals surface area contributed by atoms with E-state index in [1.165, 1.54) is 0 Å². The second kappa shape index (κ2) is 6.45. The van der Waals surface area contributed by atoms with Gasteiger partial charge in [0.1, 0.15) is 0 Å². The molecule has 0 fully saturated rings. The fourth-order valence-corrected chi connectivity index (χ4v) is 0.706. The van der Waals surface area contributed by atoms with Crippen LogP contribution in [0.15, 0.2) is 24.3 Å². The molecule has 1 aromatic rings. The average Bonchev–Trinajstić information content (AvgIpc) is 2.21. The van der Waals surface area contributed by atoms with Crippen LogP contribution in [0.4, 0.5) is 0 Å². The van der Waals surface area contributed by atoms with Crippen molar-refractivity contribution in [2.45, 2.75) is 20.5 Å². The van der Waals surface area contributed by atoms with Gasteiger partial charge in [-0.05, 0) is 17.7 Å². The zero-order valence-corrected chi connectivity index (χ0v) is 7.54. The maximum Gasteiger partial charge on any atom is 0.0681 e. The largest absolute Gasteiger partial charge is 0.392 e. The zero-order chi connectivity index (χ0) is 9.40. The van der Waals surface area contributed by atoms with Gasteiger partial charge in [-0.2, -0.15) is 0 Å². The molecule has 0 atom stereocenters. The van der Waals surface area contributed by atoms with E-state index in [1.54, 1.807) is 0 Å². The summed E-state index contributed by atoms with van der Waals surface area (Å²) in [5.41, 5.74) is 1.73. The lowest BCUT2D eigenvalue weighted by Crippen LogP contribution is -1.81. The predicted octanol–water partition coefficient (Wildman–Crippen LogP) is 2.19. The highest BCUT2D eigenvalue weighted by Crippen LogP contribution is 2.01. The van der Waals surface area contributed by atoms with Crippen LogP contribution in [-0.2, 0) is 6.61 Å². The molecular formula is C11H14O. The molecule has 0 saturated carbocycles. The molecule has 0 aromatic heterocycles. The van der Waals surface area contributed by atoms with Crippen molar-refractivity contribution >= 4 is 0 Å². The number of hydrogen-bond acceptors (Lipinski definition) is 1. The van der Waals surface area contributed by atoms with E-state index in [9.17, 15) is 0 Å². The minimum Gasteiger partial charge on any atom is -0.392 e. The number of aliphatic hydroxyl groups is 1. The fourth-order valence-electron chi connectivity index (χ4n) is 0.706. The molecule has 0 saturated heterocycles. The summed E-state index contributed by atoms with van der Waals surface area (Å²) in [4.78, 5) is 0. The van der Waals surface area contributed by atoms with Crippen LogP contribution in [-0.4, -0.2) is 5.11 Å². The molecule has 0 unspecified atom stereocenters. The molecule has 12 heavy (non-hydrogen) atoms. The molecule has 0 radical (unpaired) electrons. The van der Waals surface area contributed by atoms with Crippen molar-refractivity contribution in [1.82, 2.24) is 0 Å². The lowest BCUT2D eigenvalue weighted by Gasteiger charge is -1.93. The number of rotatable bonds is 1. The Kier molecular flexibility index (Phi) is 5.77. The minimum atomic E-state index is 0.0743. The third-order valence-electron chi connectivity index (χ3n) is 1.30. The van der Waals surface area contributed by atoms with Gasteiger partial charge >= 0.3 is 0 Å². The smallest absolute Gasteiger partial charge is 0.0681 e. The van der Waals surface area contributed by atoms with E-state index in [1.807, 2.05) is 38.1 Å². The molecule has 0 spiro atoms. The summed E-state index contributed by atoms with van der Waals surface area (Å²) in [6.45, 7) is 4.07. The first-order valence-electron chi connectivity index (χ1n) is 4.03. The Morgan fingerprint density at radius 2 is 1.75 bits per heavy atom. The number of aliphatic hydroxyl groups excluding tert-OH is 1. The second-order valence-corrected chi connectivity index (χ2v) is 2.00. The molecule has 0 aliphatic carbocycles. The maximum atomic E-state index is 8.65. The van der Waals surface area contributed by atoms with Crippen LogP contribution in [0, 0.1) is 12.3 Å². The van der Waals surface area contributed by atoms with E-state index in [2.05, 4.69) is 5.92 Å². The topological polar surface area (TPSA) is 20.2 Å². The van der Waals surface area contributed by atoms with Crippen molar-refractivity contribution in [3.63, 3.8) is 0 Å². The highest BCUT2D eigenvalue weighted by molar-refractivity contribution is 5.33. The Morgan fingerprint density at radius 1 is 1.25 bits per heavy atom. The average molecular weight is 162 g/mol. The summed E-state index contributed by atoms with van der Waals surface area (Å²) in [7, 11) is 0. The van der Waals surface area contributed by atoms with Gasteiger partial charge in [-0.1, -0.05) is 31.9 Å². The monoisotopic (exact) mass is 162 g/mol.